The lowest BCUT2D eigenvalue weighted by Crippen LogP contribution is -2.02. The van der Waals surface area contributed by atoms with E-state index in [0.717, 1.165) is 35.4 Å². The molecule has 1 aliphatic carbocycles. The molecule has 8 nitrogen and oxygen atoms in total. The van der Waals surface area contributed by atoms with Crippen LogP contribution in [0.15, 0.2) is 43.0 Å². The van der Waals surface area contributed by atoms with Gasteiger partial charge in [0.25, 0.3) is 0 Å². The number of rotatable bonds is 5. The molecule has 8 heteroatoms. The van der Waals surface area contributed by atoms with Gasteiger partial charge in [0, 0.05) is 29.7 Å². The van der Waals surface area contributed by atoms with Crippen molar-refractivity contribution >= 4 is 5.65 Å². The van der Waals surface area contributed by atoms with Crippen LogP contribution in [0.1, 0.15) is 24.3 Å². The predicted octanol–water partition coefficient (Wildman–Crippen LogP) is 3.14. The molecule has 4 aromatic heterocycles. The van der Waals surface area contributed by atoms with Gasteiger partial charge in [0.05, 0.1) is 37.4 Å². The van der Waals surface area contributed by atoms with Crippen LogP contribution >= 0.6 is 0 Å². The fourth-order valence-electron chi connectivity index (χ4n) is 3.26. The first-order chi connectivity index (χ1) is 13.8. The number of aromatic nitrogens is 6. The zero-order chi connectivity index (χ0) is 19.1. The highest BCUT2D eigenvalue weighted by Crippen LogP contribution is 2.43. The van der Waals surface area contributed by atoms with Gasteiger partial charge in [0.15, 0.2) is 5.65 Å². The Bertz CT molecular complexity index is 1150. The molecule has 0 atom stereocenters. The van der Waals surface area contributed by atoms with Crippen molar-refractivity contribution in [3.63, 3.8) is 0 Å². The molecule has 0 N–H and O–H groups in total. The van der Waals surface area contributed by atoms with E-state index in [9.17, 15) is 0 Å². The molecule has 1 aliphatic rings. The van der Waals surface area contributed by atoms with E-state index < -0.39 is 0 Å². The van der Waals surface area contributed by atoms with Gasteiger partial charge >= 0.3 is 6.01 Å². The lowest BCUT2D eigenvalue weighted by Gasteiger charge is -2.10. The Morgan fingerprint density at radius 3 is 2.68 bits per heavy atom. The van der Waals surface area contributed by atoms with Crippen LogP contribution in [0.4, 0.5) is 0 Å². The molecule has 4 aromatic rings. The fourth-order valence-corrected chi connectivity index (χ4v) is 3.26. The van der Waals surface area contributed by atoms with Crippen LogP contribution in [0.25, 0.3) is 28.2 Å². The summed E-state index contributed by atoms with van der Waals surface area (Å²) in [6.45, 7) is 0. The molecule has 5 rings (SSSR count). The highest BCUT2D eigenvalue weighted by Gasteiger charge is 2.28. The smallest absolute Gasteiger partial charge is 0.319 e. The van der Waals surface area contributed by atoms with Crippen molar-refractivity contribution in [2.45, 2.75) is 18.8 Å². The lowest BCUT2D eigenvalue weighted by molar-refractivity contribution is 0.353. The number of methoxy groups -OCH3 is 2. The Labute approximate surface area is 161 Å². The molecule has 1 fully saturated rings. The Morgan fingerprint density at radius 2 is 1.96 bits per heavy atom. The zero-order valence-corrected chi connectivity index (χ0v) is 15.5. The Balaban J connectivity index is 1.69. The summed E-state index contributed by atoms with van der Waals surface area (Å²) in [5.41, 5.74) is 5.31. The number of fused-ring (bicyclic) bond motifs is 1. The number of ether oxygens (including phenoxy) is 2. The minimum Gasteiger partial charge on any atom is -0.480 e. The molecule has 0 amide bonds. The molecule has 0 saturated heterocycles. The van der Waals surface area contributed by atoms with E-state index in [-0.39, 0.29) is 6.01 Å². The maximum atomic E-state index is 5.44. The Kier molecular flexibility index (Phi) is 3.89. The second-order valence-corrected chi connectivity index (χ2v) is 6.67. The number of nitrogens with zero attached hydrogens (tertiary/aromatic N) is 6. The molecule has 0 aliphatic heterocycles. The zero-order valence-electron chi connectivity index (χ0n) is 15.5. The molecule has 1 saturated carbocycles. The summed E-state index contributed by atoms with van der Waals surface area (Å²) in [4.78, 5) is 17.5. The Morgan fingerprint density at radius 1 is 1.07 bits per heavy atom. The first-order valence-corrected chi connectivity index (χ1v) is 9.03. The quantitative estimate of drug-likeness (QED) is 0.530. The summed E-state index contributed by atoms with van der Waals surface area (Å²) in [7, 11) is 3.10. The number of hydrogen-bond donors (Lipinski definition) is 0. The summed E-state index contributed by atoms with van der Waals surface area (Å²) in [5.74, 6) is 0.923. The van der Waals surface area contributed by atoms with E-state index in [0.29, 0.717) is 17.4 Å². The largest absolute Gasteiger partial charge is 0.480 e. The molecule has 28 heavy (non-hydrogen) atoms. The van der Waals surface area contributed by atoms with E-state index in [2.05, 4.69) is 21.0 Å². The van der Waals surface area contributed by atoms with E-state index in [4.69, 9.17) is 19.6 Å². The molecule has 4 heterocycles. The first kappa shape index (κ1) is 16.6. The van der Waals surface area contributed by atoms with Gasteiger partial charge in [0.2, 0.25) is 5.88 Å². The van der Waals surface area contributed by atoms with Crippen LogP contribution in [0.5, 0.6) is 11.9 Å². The van der Waals surface area contributed by atoms with Crippen molar-refractivity contribution in [1.82, 2.24) is 29.5 Å². The number of hydrogen-bond acceptors (Lipinski definition) is 7. The lowest BCUT2D eigenvalue weighted by atomic mass is 10.1. The van der Waals surface area contributed by atoms with Crippen molar-refractivity contribution in [2.24, 2.45) is 0 Å². The normalized spacial score (nSPS) is 13.6. The van der Waals surface area contributed by atoms with Gasteiger partial charge in [-0.2, -0.15) is 10.1 Å². The molecule has 0 aromatic carbocycles. The van der Waals surface area contributed by atoms with Gasteiger partial charge in [0.1, 0.15) is 0 Å². The maximum Gasteiger partial charge on any atom is 0.319 e. The molecule has 0 bridgehead atoms. The molecule has 0 radical (unpaired) electrons. The van der Waals surface area contributed by atoms with Gasteiger partial charge < -0.3 is 9.47 Å². The second-order valence-electron chi connectivity index (χ2n) is 6.67. The minimum atomic E-state index is 0.255. The van der Waals surface area contributed by atoms with Crippen LogP contribution in [-0.2, 0) is 0 Å². The fraction of sp³-hybridized carbons (Fsp3) is 0.250. The van der Waals surface area contributed by atoms with Crippen molar-refractivity contribution in [1.29, 1.82) is 0 Å². The van der Waals surface area contributed by atoms with Crippen LogP contribution in [0.2, 0.25) is 0 Å². The van der Waals surface area contributed by atoms with E-state index in [1.165, 1.54) is 12.7 Å². The SMILES string of the molecule is COc1ncc(-c2cc(C3CC3)c3nc(-c4cccnc4)cn3n2)c(OC)n1. The average molecular weight is 374 g/mol. The maximum absolute atomic E-state index is 5.44. The van der Waals surface area contributed by atoms with E-state index >= 15 is 0 Å². The van der Waals surface area contributed by atoms with Gasteiger partial charge in [-0.15, -0.1) is 0 Å². The highest BCUT2D eigenvalue weighted by molar-refractivity contribution is 5.70. The molecule has 0 unspecified atom stereocenters. The Hall–Kier alpha value is -3.55. The third kappa shape index (κ3) is 2.83. The van der Waals surface area contributed by atoms with Gasteiger partial charge in [-0.05, 0) is 37.0 Å². The highest BCUT2D eigenvalue weighted by atomic mass is 16.5. The van der Waals surface area contributed by atoms with Crippen molar-refractivity contribution in [2.75, 3.05) is 14.2 Å². The molecule has 0 spiro atoms. The van der Waals surface area contributed by atoms with Crippen LogP contribution in [0, 0.1) is 0 Å². The molecular formula is C20H18N6O2. The standard InChI is InChI=1S/C20H18N6O2/c1-27-19-15(10-22-20(24-19)28-2)16-8-14(12-5-6-12)18-23-17(11-26(18)25-16)13-4-3-7-21-9-13/h3-4,7-12H,5-6H2,1-2H3. The minimum absolute atomic E-state index is 0.255. The van der Waals surface area contributed by atoms with Gasteiger partial charge in [-0.3, -0.25) is 4.98 Å². The number of pyridine rings is 1. The van der Waals surface area contributed by atoms with Crippen molar-refractivity contribution in [3.8, 4) is 34.4 Å². The third-order valence-corrected chi connectivity index (χ3v) is 4.81. The average Bonchev–Trinajstić information content (AvgIpc) is 3.51. The van der Waals surface area contributed by atoms with E-state index in [1.54, 1.807) is 25.7 Å². The first-order valence-electron chi connectivity index (χ1n) is 9.03. The predicted molar refractivity (Wildman–Crippen MR) is 102 cm³/mol. The molecular weight excluding hydrogens is 356 g/mol. The summed E-state index contributed by atoms with van der Waals surface area (Å²) >= 11 is 0. The van der Waals surface area contributed by atoms with Crippen LogP contribution in [-0.4, -0.2) is 43.8 Å². The summed E-state index contributed by atoms with van der Waals surface area (Å²) in [6.07, 6.45) is 9.48. The number of imidazole rings is 1. The summed E-state index contributed by atoms with van der Waals surface area (Å²) in [6, 6.07) is 6.22. The van der Waals surface area contributed by atoms with Gasteiger partial charge in [-0.1, -0.05) is 0 Å². The summed E-state index contributed by atoms with van der Waals surface area (Å²) in [5, 5.41) is 4.76. The monoisotopic (exact) mass is 374 g/mol. The van der Waals surface area contributed by atoms with Gasteiger partial charge in [-0.25, -0.2) is 14.5 Å². The summed E-state index contributed by atoms with van der Waals surface area (Å²) < 4.78 is 12.4. The van der Waals surface area contributed by atoms with Crippen molar-refractivity contribution < 1.29 is 9.47 Å². The molecule has 140 valence electrons. The van der Waals surface area contributed by atoms with Crippen molar-refractivity contribution in [3.05, 3.63) is 48.5 Å². The van der Waals surface area contributed by atoms with Crippen LogP contribution in [0.3, 0.4) is 0 Å². The topological polar surface area (TPSA) is 87.3 Å². The van der Waals surface area contributed by atoms with Crippen LogP contribution < -0.4 is 9.47 Å². The third-order valence-electron chi connectivity index (χ3n) is 4.81. The van der Waals surface area contributed by atoms with E-state index in [1.807, 2.05) is 22.8 Å². The second kappa shape index (κ2) is 6.56.